The Balaban J connectivity index is 1.80. The highest BCUT2D eigenvalue weighted by Gasteiger charge is 2.53. The first-order valence-electron chi connectivity index (χ1n) is 9.81. The standard InChI is InChI=1S/C20H29N3O3/c1-22-9-7-20-6-4-3-5-15(20)18(22)11-14-12-19(23(24)25)17(13-16(14)20)21-8-10-26-2/h12-13,15,18,21H,3-11H2,1-2H3/t15-,18+,20+/m1/s1. The van der Waals surface area contributed by atoms with Crippen molar-refractivity contribution < 1.29 is 9.66 Å². The van der Waals surface area contributed by atoms with E-state index in [1.807, 2.05) is 6.07 Å². The number of nitrogens with zero attached hydrogens (tertiary/aromatic N) is 2. The zero-order valence-corrected chi connectivity index (χ0v) is 15.8. The van der Waals surface area contributed by atoms with E-state index in [1.54, 1.807) is 7.11 Å². The summed E-state index contributed by atoms with van der Waals surface area (Å²) in [6, 6.07) is 4.50. The van der Waals surface area contributed by atoms with E-state index in [1.165, 1.54) is 43.2 Å². The molecule has 1 aromatic rings. The zero-order chi connectivity index (χ0) is 18.3. The van der Waals surface area contributed by atoms with Crippen molar-refractivity contribution in [3.05, 3.63) is 33.4 Å². The van der Waals surface area contributed by atoms with Crippen molar-refractivity contribution in [2.75, 3.05) is 39.2 Å². The largest absolute Gasteiger partial charge is 0.383 e. The van der Waals surface area contributed by atoms with Gasteiger partial charge in [0.2, 0.25) is 0 Å². The third-order valence-electron chi connectivity index (χ3n) is 7.04. The molecule has 0 radical (unpaired) electrons. The first-order valence-corrected chi connectivity index (χ1v) is 9.81. The van der Waals surface area contributed by atoms with Gasteiger partial charge in [-0.15, -0.1) is 0 Å². The lowest BCUT2D eigenvalue weighted by Gasteiger charge is -2.58. The zero-order valence-electron chi connectivity index (χ0n) is 15.8. The van der Waals surface area contributed by atoms with Gasteiger partial charge in [-0.25, -0.2) is 0 Å². The van der Waals surface area contributed by atoms with Crippen LogP contribution in [0.15, 0.2) is 12.1 Å². The third kappa shape index (κ3) is 2.70. The molecule has 142 valence electrons. The summed E-state index contributed by atoms with van der Waals surface area (Å²) in [5.74, 6) is 0.691. The molecule has 1 saturated heterocycles. The van der Waals surface area contributed by atoms with Crippen LogP contribution in [-0.2, 0) is 16.6 Å². The lowest BCUT2D eigenvalue weighted by atomic mass is 9.52. The van der Waals surface area contributed by atoms with E-state index in [4.69, 9.17) is 4.74 Å². The normalized spacial score (nSPS) is 30.4. The average molecular weight is 359 g/mol. The summed E-state index contributed by atoms with van der Waals surface area (Å²) in [7, 11) is 3.87. The minimum absolute atomic E-state index is 0.200. The monoisotopic (exact) mass is 359 g/mol. The summed E-state index contributed by atoms with van der Waals surface area (Å²) in [6.07, 6.45) is 7.22. The molecule has 6 nitrogen and oxygen atoms in total. The Hall–Kier alpha value is -1.66. The molecule has 0 spiro atoms. The highest BCUT2D eigenvalue weighted by atomic mass is 16.6. The lowest BCUT2D eigenvalue weighted by Crippen LogP contribution is -2.59. The molecular weight excluding hydrogens is 330 g/mol. The number of likely N-dealkylation sites (N-methyl/N-ethyl adjacent to an activating group) is 1. The number of nitro groups is 1. The van der Waals surface area contributed by atoms with Crippen molar-refractivity contribution in [2.45, 2.75) is 50.0 Å². The number of piperidine rings is 1. The summed E-state index contributed by atoms with van der Waals surface area (Å²) < 4.78 is 5.10. The number of likely N-dealkylation sites (tertiary alicyclic amines) is 1. The van der Waals surface area contributed by atoms with E-state index < -0.39 is 0 Å². The number of hydrogen-bond donors (Lipinski definition) is 1. The fourth-order valence-electron chi connectivity index (χ4n) is 5.82. The van der Waals surface area contributed by atoms with E-state index in [0.717, 1.165) is 13.0 Å². The topological polar surface area (TPSA) is 67.6 Å². The SMILES string of the molecule is COCCNc1cc2c(cc1[N+](=O)[O-])C[C@H]1[C@H]3CCCC[C@@]23CCN1C. The molecule has 0 amide bonds. The van der Waals surface area contributed by atoms with Gasteiger partial charge >= 0.3 is 0 Å². The number of ether oxygens (including phenoxy) is 1. The molecule has 2 bridgehead atoms. The summed E-state index contributed by atoms with van der Waals surface area (Å²) in [4.78, 5) is 13.9. The summed E-state index contributed by atoms with van der Waals surface area (Å²) in [5, 5.41) is 14.9. The Morgan fingerprint density at radius 2 is 2.23 bits per heavy atom. The number of benzene rings is 1. The average Bonchev–Trinajstić information content (AvgIpc) is 2.64. The van der Waals surface area contributed by atoms with Gasteiger partial charge in [0.15, 0.2) is 0 Å². The lowest BCUT2D eigenvalue weighted by molar-refractivity contribution is -0.384. The van der Waals surface area contributed by atoms with Crippen molar-refractivity contribution in [3.8, 4) is 0 Å². The second-order valence-corrected chi connectivity index (χ2v) is 8.21. The Labute approximate surface area is 155 Å². The van der Waals surface area contributed by atoms with E-state index in [2.05, 4.69) is 23.3 Å². The second-order valence-electron chi connectivity index (χ2n) is 8.21. The van der Waals surface area contributed by atoms with Crippen molar-refractivity contribution in [1.82, 2.24) is 4.90 Å². The van der Waals surface area contributed by atoms with Crippen LogP contribution in [0.25, 0.3) is 0 Å². The summed E-state index contributed by atoms with van der Waals surface area (Å²) in [6.45, 7) is 2.25. The minimum Gasteiger partial charge on any atom is -0.383 e. The van der Waals surface area contributed by atoms with Crippen LogP contribution in [0.1, 0.15) is 43.2 Å². The molecule has 1 N–H and O–H groups in total. The van der Waals surface area contributed by atoms with E-state index in [-0.39, 0.29) is 16.0 Å². The highest BCUT2D eigenvalue weighted by molar-refractivity contribution is 5.66. The van der Waals surface area contributed by atoms with Crippen LogP contribution in [0, 0.1) is 16.0 Å². The fourth-order valence-corrected chi connectivity index (χ4v) is 5.82. The van der Waals surface area contributed by atoms with Crippen LogP contribution in [0.4, 0.5) is 11.4 Å². The molecule has 1 aromatic carbocycles. The molecule has 1 heterocycles. The quantitative estimate of drug-likeness (QED) is 0.496. The van der Waals surface area contributed by atoms with Gasteiger partial charge in [0, 0.05) is 31.2 Å². The van der Waals surface area contributed by atoms with Crippen LogP contribution < -0.4 is 5.32 Å². The number of nitrogens with one attached hydrogen (secondary N) is 1. The van der Waals surface area contributed by atoms with E-state index >= 15 is 0 Å². The Kier molecular flexibility index (Phi) is 4.65. The number of anilines is 1. The van der Waals surface area contributed by atoms with Gasteiger partial charge in [0.25, 0.3) is 5.69 Å². The molecule has 4 rings (SSSR count). The van der Waals surface area contributed by atoms with E-state index in [0.29, 0.717) is 30.8 Å². The Morgan fingerprint density at radius 3 is 3.00 bits per heavy atom. The Bertz CT molecular complexity index is 708. The van der Waals surface area contributed by atoms with Gasteiger partial charge in [0.05, 0.1) is 11.5 Å². The molecular formula is C20H29N3O3. The molecule has 2 aliphatic carbocycles. The number of methoxy groups -OCH3 is 1. The van der Waals surface area contributed by atoms with Crippen LogP contribution >= 0.6 is 0 Å². The maximum atomic E-state index is 11.7. The maximum absolute atomic E-state index is 11.7. The number of hydrogen-bond acceptors (Lipinski definition) is 5. The summed E-state index contributed by atoms with van der Waals surface area (Å²) >= 11 is 0. The molecule has 3 aliphatic rings. The predicted molar refractivity (Wildman–Crippen MR) is 102 cm³/mol. The van der Waals surface area contributed by atoms with Crippen molar-refractivity contribution in [3.63, 3.8) is 0 Å². The second kappa shape index (κ2) is 6.82. The van der Waals surface area contributed by atoms with Gasteiger partial charge < -0.3 is 15.0 Å². The molecule has 2 fully saturated rings. The first kappa shape index (κ1) is 17.7. The number of fused-ring (bicyclic) bond motifs is 1. The van der Waals surface area contributed by atoms with Gasteiger partial charge in [0.1, 0.15) is 5.69 Å². The molecule has 0 unspecified atom stereocenters. The van der Waals surface area contributed by atoms with Crippen LogP contribution in [0.3, 0.4) is 0 Å². The van der Waals surface area contributed by atoms with Crippen LogP contribution in [-0.4, -0.2) is 49.7 Å². The van der Waals surface area contributed by atoms with Crippen LogP contribution in [0.5, 0.6) is 0 Å². The van der Waals surface area contributed by atoms with Crippen LogP contribution in [0.2, 0.25) is 0 Å². The van der Waals surface area contributed by atoms with E-state index in [9.17, 15) is 10.1 Å². The molecule has 0 aromatic heterocycles. The van der Waals surface area contributed by atoms with Crippen molar-refractivity contribution in [1.29, 1.82) is 0 Å². The first-order chi connectivity index (χ1) is 12.6. The smallest absolute Gasteiger partial charge is 0.292 e. The van der Waals surface area contributed by atoms with Gasteiger partial charge in [-0.3, -0.25) is 10.1 Å². The third-order valence-corrected chi connectivity index (χ3v) is 7.04. The molecule has 1 aliphatic heterocycles. The highest BCUT2D eigenvalue weighted by Crippen LogP contribution is 2.56. The minimum atomic E-state index is -0.250. The van der Waals surface area contributed by atoms with Gasteiger partial charge in [-0.05, 0) is 62.4 Å². The fraction of sp³-hybridized carbons (Fsp3) is 0.700. The number of rotatable bonds is 5. The predicted octanol–water partition coefficient (Wildman–Crippen LogP) is 3.34. The van der Waals surface area contributed by atoms with Crippen molar-refractivity contribution >= 4 is 11.4 Å². The molecule has 6 heteroatoms. The number of nitro benzene ring substituents is 1. The molecule has 3 atom stereocenters. The van der Waals surface area contributed by atoms with Gasteiger partial charge in [-0.1, -0.05) is 12.8 Å². The molecule has 26 heavy (non-hydrogen) atoms. The Morgan fingerprint density at radius 1 is 1.38 bits per heavy atom. The van der Waals surface area contributed by atoms with Crippen molar-refractivity contribution in [2.24, 2.45) is 5.92 Å². The molecule has 1 saturated carbocycles. The van der Waals surface area contributed by atoms with Gasteiger partial charge in [-0.2, -0.15) is 0 Å². The maximum Gasteiger partial charge on any atom is 0.292 e. The summed E-state index contributed by atoms with van der Waals surface area (Å²) in [5.41, 5.74) is 3.66.